The predicted octanol–water partition coefficient (Wildman–Crippen LogP) is 2.41. The fourth-order valence-corrected chi connectivity index (χ4v) is 2.35. The summed E-state index contributed by atoms with van der Waals surface area (Å²) in [5, 5.41) is 2.85. The molecule has 0 saturated carbocycles. The van der Waals surface area contributed by atoms with E-state index in [-0.39, 0.29) is 18.4 Å². The SMILES string of the molecule is COc1cccc(N(CC(=O)NCCc2ccccc2)C(C)=O)c1. The maximum atomic E-state index is 12.1. The number of hydrogen-bond acceptors (Lipinski definition) is 3. The molecule has 0 radical (unpaired) electrons. The Morgan fingerprint density at radius 2 is 1.83 bits per heavy atom. The van der Waals surface area contributed by atoms with E-state index < -0.39 is 0 Å². The molecule has 0 spiro atoms. The van der Waals surface area contributed by atoms with Gasteiger partial charge in [-0.3, -0.25) is 9.59 Å². The van der Waals surface area contributed by atoms with Gasteiger partial charge in [0.1, 0.15) is 12.3 Å². The van der Waals surface area contributed by atoms with Crippen molar-refractivity contribution in [2.75, 3.05) is 25.1 Å². The molecule has 126 valence electrons. The van der Waals surface area contributed by atoms with Crippen LogP contribution in [0.3, 0.4) is 0 Å². The molecule has 0 aliphatic carbocycles. The molecule has 2 rings (SSSR count). The first-order valence-electron chi connectivity index (χ1n) is 7.83. The summed E-state index contributed by atoms with van der Waals surface area (Å²) in [7, 11) is 1.56. The van der Waals surface area contributed by atoms with Crippen LogP contribution in [0.4, 0.5) is 5.69 Å². The maximum Gasteiger partial charge on any atom is 0.240 e. The van der Waals surface area contributed by atoms with E-state index in [0.29, 0.717) is 18.0 Å². The van der Waals surface area contributed by atoms with E-state index in [2.05, 4.69) is 5.32 Å². The minimum atomic E-state index is -0.193. The largest absolute Gasteiger partial charge is 0.497 e. The number of anilines is 1. The number of nitrogens with zero attached hydrogens (tertiary/aromatic N) is 1. The van der Waals surface area contributed by atoms with Crippen LogP contribution in [0.1, 0.15) is 12.5 Å². The Morgan fingerprint density at radius 1 is 1.08 bits per heavy atom. The molecule has 0 unspecified atom stereocenters. The zero-order chi connectivity index (χ0) is 17.4. The highest BCUT2D eigenvalue weighted by atomic mass is 16.5. The highest BCUT2D eigenvalue weighted by molar-refractivity contribution is 5.97. The first kappa shape index (κ1) is 17.5. The first-order valence-corrected chi connectivity index (χ1v) is 7.83. The number of carbonyl (C=O) groups excluding carboxylic acids is 2. The minimum Gasteiger partial charge on any atom is -0.497 e. The number of methoxy groups -OCH3 is 1. The number of rotatable bonds is 7. The third kappa shape index (κ3) is 5.12. The fraction of sp³-hybridized carbons (Fsp3) is 0.263. The second-order valence-corrected chi connectivity index (χ2v) is 5.39. The average Bonchev–Trinajstić information content (AvgIpc) is 2.60. The summed E-state index contributed by atoms with van der Waals surface area (Å²) < 4.78 is 5.17. The summed E-state index contributed by atoms with van der Waals surface area (Å²) in [5.74, 6) is 0.258. The van der Waals surface area contributed by atoms with Gasteiger partial charge in [-0.2, -0.15) is 0 Å². The Balaban J connectivity index is 1.92. The lowest BCUT2D eigenvalue weighted by atomic mass is 10.1. The van der Waals surface area contributed by atoms with Gasteiger partial charge in [-0.05, 0) is 24.1 Å². The third-order valence-electron chi connectivity index (χ3n) is 3.63. The molecular weight excluding hydrogens is 304 g/mol. The van der Waals surface area contributed by atoms with Crippen molar-refractivity contribution in [3.05, 3.63) is 60.2 Å². The van der Waals surface area contributed by atoms with Crippen LogP contribution < -0.4 is 15.0 Å². The molecule has 2 amide bonds. The van der Waals surface area contributed by atoms with Gasteiger partial charge in [-0.25, -0.2) is 0 Å². The van der Waals surface area contributed by atoms with E-state index in [0.717, 1.165) is 12.0 Å². The molecule has 5 nitrogen and oxygen atoms in total. The smallest absolute Gasteiger partial charge is 0.240 e. The van der Waals surface area contributed by atoms with Crippen LogP contribution in [0.15, 0.2) is 54.6 Å². The van der Waals surface area contributed by atoms with E-state index in [1.165, 1.54) is 11.8 Å². The fourth-order valence-electron chi connectivity index (χ4n) is 2.35. The minimum absolute atomic E-state index is 0.0166. The summed E-state index contributed by atoms with van der Waals surface area (Å²) in [6, 6.07) is 17.0. The van der Waals surface area contributed by atoms with Crippen molar-refractivity contribution in [2.24, 2.45) is 0 Å². The van der Waals surface area contributed by atoms with Crippen LogP contribution in [0, 0.1) is 0 Å². The van der Waals surface area contributed by atoms with Gasteiger partial charge >= 0.3 is 0 Å². The first-order chi connectivity index (χ1) is 11.6. The molecule has 0 aliphatic heterocycles. The van der Waals surface area contributed by atoms with Gasteiger partial charge in [0, 0.05) is 25.2 Å². The summed E-state index contributed by atoms with van der Waals surface area (Å²) in [4.78, 5) is 25.5. The summed E-state index contributed by atoms with van der Waals surface area (Å²) in [6.07, 6.45) is 0.756. The quantitative estimate of drug-likeness (QED) is 0.850. The van der Waals surface area contributed by atoms with Crippen molar-refractivity contribution in [1.82, 2.24) is 5.32 Å². The van der Waals surface area contributed by atoms with Gasteiger partial charge in [0.2, 0.25) is 11.8 Å². The topological polar surface area (TPSA) is 58.6 Å². The molecule has 0 fully saturated rings. The van der Waals surface area contributed by atoms with Crippen LogP contribution in [0.5, 0.6) is 5.75 Å². The van der Waals surface area contributed by atoms with Crippen molar-refractivity contribution in [1.29, 1.82) is 0 Å². The lowest BCUT2D eigenvalue weighted by Gasteiger charge is -2.21. The van der Waals surface area contributed by atoms with Gasteiger partial charge in [-0.1, -0.05) is 36.4 Å². The summed E-state index contributed by atoms with van der Waals surface area (Å²) in [5.41, 5.74) is 1.80. The number of nitrogens with one attached hydrogen (secondary N) is 1. The second kappa shape index (κ2) is 8.72. The van der Waals surface area contributed by atoms with Crippen LogP contribution in [0.25, 0.3) is 0 Å². The van der Waals surface area contributed by atoms with E-state index in [1.807, 2.05) is 30.3 Å². The van der Waals surface area contributed by atoms with Crippen LogP contribution >= 0.6 is 0 Å². The van der Waals surface area contributed by atoms with Gasteiger partial charge in [0.05, 0.1) is 7.11 Å². The van der Waals surface area contributed by atoms with Crippen LogP contribution in [-0.4, -0.2) is 32.0 Å². The van der Waals surface area contributed by atoms with Crippen LogP contribution in [0.2, 0.25) is 0 Å². The van der Waals surface area contributed by atoms with Crippen molar-refractivity contribution < 1.29 is 14.3 Å². The zero-order valence-electron chi connectivity index (χ0n) is 14.0. The normalized spacial score (nSPS) is 10.1. The Kier molecular flexibility index (Phi) is 6.37. The van der Waals surface area contributed by atoms with Gasteiger partial charge in [0.15, 0.2) is 0 Å². The molecule has 1 N–H and O–H groups in total. The molecule has 0 heterocycles. The van der Waals surface area contributed by atoms with E-state index >= 15 is 0 Å². The number of benzene rings is 2. The Morgan fingerprint density at radius 3 is 2.50 bits per heavy atom. The Labute approximate surface area is 142 Å². The van der Waals surface area contributed by atoms with Crippen molar-refractivity contribution >= 4 is 17.5 Å². The molecule has 24 heavy (non-hydrogen) atoms. The number of carbonyl (C=O) groups is 2. The average molecular weight is 326 g/mol. The van der Waals surface area contributed by atoms with Crippen molar-refractivity contribution in [2.45, 2.75) is 13.3 Å². The molecule has 0 bridgehead atoms. The molecule has 5 heteroatoms. The van der Waals surface area contributed by atoms with E-state index in [4.69, 9.17) is 4.74 Å². The molecule has 0 aromatic heterocycles. The van der Waals surface area contributed by atoms with Gasteiger partial charge in [-0.15, -0.1) is 0 Å². The molecule has 2 aromatic rings. The number of hydrogen-bond donors (Lipinski definition) is 1. The molecular formula is C19H22N2O3. The lowest BCUT2D eigenvalue weighted by molar-refractivity contribution is -0.123. The zero-order valence-corrected chi connectivity index (χ0v) is 14.0. The van der Waals surface area contributed by atoms with Crippen molar-refractivity contribution in [3.8, 4) is 5.75 Å². The highest BCUT2D eigenvalue weighted by Crippen LogP contribution is 2.20. The number of ether oxygens (including phenoxy) is 1. The van der Waals surface area contributed by atoms with Crippen molar-refractivity contribution in [3.63, 3.8) is 0 Å². The standard InChI is InChI=1S/C19H22N2O3/c1-15(22)21(17-9-6-10-18(13-17)24-2)14-19(23)20-12-11-16-7-4-3-5-8-16/h3-10,13H,11-12,14H2,1-2H3,(H,20,23). The molecule has 2 aromatic carbocycles. The third-order valence-corrected chi connectivity index (χ3v) is 3.63. The number of amides is 2. The lowest BCUT2D eigenvalue weighted by Crippen LogP contribution is -2.40. The summed E-state index contributed by atoms with van der Waals surface area (Å²) in [6.45, 7) is 1.96. The van der Waals surface area contributed by atoms with E-state index in [9.17, 15) is 9.59 Å². The molecule has 0 atom stereocenters. The summed E-state index contributed by atoms with van der Waals surface area (Å²) >= 11 is 0. The van der Waals surface area contributed by atoms with Gasteiger partial charge in [0.25, 0.3) is 0 Å². The second-order valence-electron chi connectivity index (χ2n) is 5.39. The monoisotopic (exact) mass is 326 g/mol. The van der Waals surface area contributed by atoms with E-state index in [1.54, 1.807) is 31.4 Å². The highest BCUT2D eigenvalue weighted by Gasteiger charge is 2.16. The van der Waals surface area contributed by atoms with Crippen LogP contribution in [-0.2, 0) is 16.0 Å². The molecule has 0 saturated heterocycles. The Hall–Kier alpha value is -2.82. The Bertz CT molecular complexity index is 686. The molecule has 0 aliphatic rings. The maximum absolute atomic E-state index is 12.1. The predicted molar refractivity (Wildman–Crippen MR) is 94.2 cm³/mol. The van der Waals surface area contributed by atoms with Gasteiger partial charge < -0.3 is 15.0 Å².